The summed E-state index contributed by atoms with van der Waals surface area (Å²) in [4.78, 5) is 35.3. The van der Waals surface area contributed by atoms with Crippen LogP contribution in [0, 0.1) is 19.7 Å². The van der Waals surface area contributed by atoms with E-state index in [1.807, 2.05) is 13.8 Å². The first-order chi connectivity index (χ1) is 13.2. The molecule has 1 aliphatic rings. The third kappa shape index (κ3) is 3.88. The van der Waals surface area contributed by atoms with Crippen molar-refractivity contribution in [2.24, 2.45) is 0 Å². The Balaban J connectivity index is 1.61. The normalized spacial score (nSPS) is 18.7. The highest BCUT2D eigenvalue weighted by Gasteiger charge is 2.41. The number of rotatable bonds is 6. The molecular weight excluding hydrogens is 365 g/mol. The van der Waals surface area contributed by atoms with Crippen LogP contribution in [0.3, 0.4) is 0 Å². The third-order valence-electron chi connectivity index (χ3n) is 4.94. The molecule has 4 amide bonds. The van der Waals surface area contributed by atoms with Gasteiger partial charge < -0.3 is 10.6 Å². The van der Waals surface area contributed by atoms with Crippen molar-refractivity contribution in [3.8, 4) is 5.69 Å². The first-order valence-electron chi connectivity index (χ1n) is 8.91. The van der Waals surface area contributed by atoms with E-state index in [-0.39, 0.29) is 31.1 Å². The molecule has 1 saturated heterocycles. The first kappa shape index (κ1) is 19.5. The fourth-order valence-electron chi connectivity index (χ4n) is 3.16. The average molecular weight is 387 g/mol. The second-order valence-corrected chi connectivity index (χ2v) is 7.05. The zero-order chi connectivity index (χ0) is 20.5. The molecule has 148 valence electrons. The number of imide groups is 1. The molecule has 28 heavy (non-hydrogen) atoms. The molecule has 1 aromatic carbocycles. The molecular formula is C19H22FN5O3. The van der Waals surface area contributed by atoms with Gasteiger partial charge in [0.25, 0.3) is 5.91 Å². The Morgan fingerprint density at radius 1 is 1.25 bits per heavy atom. The van der Waals surface area contributed by atoms with Gasteiger partial charge in [0.1, 0.15) is 11.4 Å². The maximum absolute atomic E-state index is 13.1. The van der Waals surface area contributed by atoms with Gasteiger partial charge in [0.2, 0.25) is 5.91 Å². The van der Waals surface area contributed by atoms with Crippen molar-refractivity contribution < 1.29 is 18.8 Å². The van der Waals surface area contributed by atoms with Gasteiger partial charge in [-0.25, -0.2) is 13.9 Å². The number of benzene rings is 1. The summed E-state index contributed by atoms with van der Waals surface area (Å²) in [5.74, 6) is -0.986. The number of amides is 4. The lowest BCUT2D eigenvalue weighted by Crippen LogP contribution is -2.44. The summed E-state index contributed by atoms with van der Waals surface area (Å²) in [5, 5.41) is 12.0. The maximum Gasteiger partial charge on any atom is 0.322 e. The Morgan fingerprint density at radius 3 is 2.54 bits per heavy atom. The Bertz CT molecular complexity index is 938. The number of aryl methyl sites for hydroxylation is 1. The molecule has 9 heteroatoms. The molecule has 8 nitrogen and oxygen atoms in total. The van der Waals surface area contributed by atoms with Gasteiger partial charge in [-0.3, -0.25) is 14.9 Å². The van der Waals surface area contributed by atoms with E-state index in [1.165, 1.54) is 12.1 Å². The van der Waals surface area contributed by atoms with Gasteiger partial charge in [0.15, 0.2) is 0 Å². The maximum atomic E-state index is 13.1. The molecule has 1 unspecified atom stereocenters. The SMILES string of the molecule is Cc1nn(-c2ccc(F)cc2)c(C)c1CNC(=O)CCC1(C)NC(=O)NC1=O. The summed E-state index contributed by atoms with van der Waals surface area (Å²) in [6.45, 7) is 5.59. The molecule has 1 aliphatic heterocycles. The van der Waals surface area contributed by atoms with Crippen molar-refractivity contribution in [2.45, 2.75) is 45.7 Å². The molecule has 1 atom stereocenters. The lowest BCUT2D eigenvalue weighted by atomic mass is 9.96. The van der Waals surface area contributed by atoms with Gasteiger partial charge >= 0.3 is 6.03 Å². The molecule has 2 aromatic rings. The number of nitrogens with one attached hydrogen (secondary N) is 3. The topological polar surface area (TPSA) is 105 Å². The van der Waals surface area contributed by atoms with Crippen LogP contribution in [0.1, 0.15) is 36.7 Å². The summed E-state index contributed by atoms with van der Waals surface area (Å²) in [5.41, 5.74) is 2.13. The zero-order valence-corrected chi connectivity index (χ0v) is 15.9. The monoisotopic (exact) mass is 387 g/mol. The van der Waals surface area contributed by atoms with Crippen LogP contribution in [0.5, 0.6) is 0 Å². The second-order valence-electron chi connectivity index (χ2n) is 7.05. The third-order valence-corrected chi connectivity index (χ3v) is 4.94. The minimum atomic E-state index is -1.08. The fourth-order valence-corrected chi connectivity index (χ4v) is 3.16. The number of hydrogen-bond acceptors (Lipinski definition) is 4. The van der Waals surface area contributed by atoms with Crippen molar-refractivity contribution in [3.63, 3.8) is 0 Å². The van der Waals surface area contributed by atoms with Crippen LogP contribution in [0.15, 0.2) is 24.3 Å². The molecule has 3 N–H and O–H groups in total. The van der Waals surface area contributed by atoms with Gasteiger partial charge in [-0.2, -0.15) is 5.10 Å². The molecule has 3 rings (SSSR count). The predicted octanol–water partition coefficient (Wildman–Crippen LogP) is 1.62. The number of carbonyl (C=O) groups is 3. The van der Waals surface area contributed by atoms with E-state index in [4.69, 9.17) is 0 Å². The summed E-state index contributed by atoms with van der Waals surface area (Å²) >= 11 is 0. The van der Waals surface area contributed by atoms with E-state index in [2.05, 4.69) is 21.0 Å². The van der Waals surface area contributed by atoms with Crippen LogP contribution in [0.2, 0.25) is 0 Å². The Morgan fingerprint density at radius 2 is 1.93 bits per heavy atom. The van der Waals surface area contributed by atoms with Crippen LogP contribution in [0.4, 0.5) is 9.18 Å². The Hall–Kier alpha value is -3.23. The lowest BCUT2D eigenvalue weighted by molar-refractivity contribution is -0.124. The van der Waals surface area contributed by atoms with E-state index in [0.717, 1.165) is 22.6 Å². The minimum Gasteiger partial charge on any atom is -0.352 e. The Kier molecular flexibility index (Phi) is 5.17. The quantitative estimate of drug-likeness (QED) is 0.655. The van der Waals surface area contributed by atoms with Gasteiger partial charge in [0.05, 0.1) is 11.4 Å². The summed E-state index contributed by atoms with van der Waals surface area (Å²) in [7, 11) is 0. The second kappa shape index (κ2) is 7.41. The van der Waals surface area contributed by atoms with Gasteiger partial charge in [-0.1, -0.05) is 0 Å². The summed E-state index contributed by atoms with van der Waals surface area (Å²) in [6, 6.07) is 5.46. The Labute approximate surface area is 161 Å². The van der Waals surface area contributed by atoms with Crippen LogP contribution in [-0.4, -0.2) is 33.2 Å². The van der Waals surface area contributed by atoms with Crippen molar-refractivity contribution in [3.05, 3.63) is 47.0 Å². The molecule has 2 heterocycles. The average Bonchev–Trinajstić information content (AvgIpc) is 3.07. The van der Waals surface area contributed by atoms with E-state index < -0.39 is 17.5 Å². The highest BCUT2D eigenvalue weighted by atomic mass is 19.1. The van der Waals surface area contributed by atoms with Gasteiger partial charge in [0, 0.05) is 24.2 Å². The minimum absolute atomic E-state index is 0.0917. The zero-order valence-electron chi connectivity index (χ0n) is 15.9. The van der Waals surface area contributed by atoms with Crippen molar-refractivity contribution in [1.29, 1.82) is 0 Å². The molecule has 0 spiro atoms. The molecule has 0 saturated carbocycles. The summed E-state index contributed by atoms with van der Waals surface area (Å²) < 4.78 is 14.8. The van der Waals surface area contributed by atoms with E-state index in [0.29, 0.717) is 0 Å². The molecule has 0 aliphatic carbocycles. The number of carbonyl (C=O) groups excluding carboxylic acids is 3. The van der Waals surface area contributed by atoms with E-state index in [9.17, 15) is 18.8 Å². The number of urea groups is 1. The molecule has 1 aromatic heterocycles. The highest BCUT2D eigenvalue weighted by Crippen LogP contribution is 2.19. The smallest absolute Gasteiger partial charge is 0.322 e. The number of halogens is 1. The van der Waals surface area contributed by atoms with E-state index in [1.54, 1.807) is 23.7 Å². The van der Waals surface area contributed by atoms with Crippen molar-refractivity contribution in [2.75, 3.05) is 0 Å². The van der Waals surface area contributed by atoms with Crippen LogP contribution < -0.4 is 16.0 Å². The van der Waals surface area contributed by atoms with Crippen molar-refractivity contribution >= 4 is 17.8 Å². The van der Waals surface area contributed by atoms with Crippen LogP contribution in [-0.2, 0) is 16.1 Å². The molecule has 0 radical (unpaired) electrons. The predicted molar refractivity (Wildman–Crippen MR) is 99.2 cm³/mol. The standard InChI is InChI=1S/C19H22FN5O3/c1-11-15(12(2)25(24-11)14-6-4-13(20)5-7-14)10-21-16(26)8-9-19(3)17(27)22-18(28)23-19/h4-7H,8-10H2,1-3H3,(H,21,26)(H2,22,23,27,28). The molecule has 1 fully saturated rings. The first-order valence-corrected chi connectivity index (χ1v) is 8.91. The summed E-state index contributed by atoms with van der Waals surface area (Å²) in [6.07, 6.45) is 0.289. The largest absolute Gasteiger partial charge is 0.352 e. The van der Waals surface area contributed by atoms with Crippen molar-refractivity contribution in [1.82, 2.24) is 25.7 Å². The molecule has 0 bridgehead atoms. The fraction of sp³-hybridized carbons (Fsp3) is 0.368. The van der Waals surface area contributed by atoms with Gasteiger partial charge in [-0.15, -0.1) is 0 Å². The number of hydrogen-bond donors (Lipinski definition) is 3. The van der Waals surface area contributed by atoms with Crippen LogP contribution >= 0.6 is 0 Å². The van der Waals surface area contributed by atoms with E-state index >= 15 is 0 Å². The highest BCUT2D eigenvalue weighted by molar-refractivity contribution is 6.06. The number of nitrogens with zero attached hydrogens (tertiary/aromatic N) is 2. The lowest BCUT2D eigenvalue weighted by Gasteiger charge is -2.19. The number of aromatic nitrogens is 2. The van der Waals surface area contributed by atoms with Crippen LogP contribution in [0.25, 0.3) is 5.69 Å². The van der Waals surface area contributed by atoms with Gasteiger partial charge in [-0.05, 0) is 51.5 Å².